The average molecular weight is 355 g/mol. The quantitative estimate of drug-likeness (QED) is 0.546. The highest BCUT2D eigenvalue weighted by atomic mass is 16.6. The Morgan fingerprint density at radius 2 is 2.00 bits per heavy atom. The zero-order valence-electron chi connectivity index (χ0n) is 14.5. The molecule has 136 valence electrons. The number of carbonyl (C=O) groups is 1. The normalized spacial score (nSPS) is 13.1. The summed E-state index contributed by atoms with van der Waals surface area (Å²) in [6.07, 6.45) is 2.87. The second kappa shape index (κ2) is 7.86. The molecule has 3 rings (SSSR count). The highest BCUT2D eigenvalue weighted by Crippen LogP contribution is 2.32. The van der Waals surface area contributed by atoms with Crippen LogP contribution in [0.1, 0.15) is 36.5 Å². The number of carbonyl (C=O) groups excluding carboxylic acids is 1. The summed E-state index contributed by atoms with van der Waals surface area (Å²) in [4.78, 5) is 23.4. The van der Waals surface area contributed by atoms with E-state index in [0.29, 0.717) is 23.7 Å². The van der Waals surface area contributed by atoms with Gasteiger partial charge in [0.2, 0.25) is 0 Å². The summed E-state index contributed by atoms with van der Waals surface area (Å²) in [6, 6.07) is 11.9. The Balaban J connectivity index is 1.79. The Kier molecular flexibility index (Phi) is 5.36. The van der Waals surface area contributed by atoms with Crippen LogP contribution in [0.2, 0.25) is 0 Å². The number of amides is 1. The summed E-state index contributed by atoms with van der Waals surface area (Å²) in [7, 11) is 0. The van der Waals surface area contributed by atoms with Gasteiger partial charge in [0, 0.05) is 17.7 Å². The topological polar surface area (TPSA) is 93.5 Å². The summed E-state index contributed by atoms with van der Waals surface area (Å²) < 4.78 is 5.62. The lowest BCUT2D eigenvalue weighted by Crippen LogP contribution is -2.14. The molecule has 1 amide bonds. The Hall–Kier alpha value is -3.09. The van der Waals surface area contributed by atoms with Crippen LogP contribution in [-0.4, -0.2) is 23.5 Å². The second-order valence-electron chi connectivity index (χ2n) is 6.21. The minimum absolute atomic E-state index is 0.0972. The van der Waals surface area contributed by atoms with Gasteiger partial charge in [-0.25, -0.2) is 0 Å². The molecule has 26 heavy (non-hydrogen) atoms. The first-order valence-corrected chi connectivity index (χ1v) is 8.66. The highest BCUT2D eigenvalue weighted by Gasteiger charge is 2.25. The van der Waals surface area contributed by atoms with E-state index < -0.39 is 10.8 Å². The Bertz CT molecular complexity index is 818. The van der Waals surface area contributed by atoms with Gasteiger partial charge in [0.1, 0.15) is 11.4 Å². The number of nitro benzene ring substituents is 1. The van der Waals surface area contributed by atoms with E-state index in [0.717, 1.165) is 19.3 Å². The van der Waals surface area contributed by atoms with E-state index in [-0.39, 0.29) is 17.3 Å². The fourth-order valence-corrected chi connectivity index (χ4v) is 2.50. The molecule has 7 nitrogen and oxygen atoms in total. The molecule has 0 saturated heterocycles. The maximum absolute atomic E-state index is 12.6. The number of hydrogen-bond donors (Lipinski definition) is 2. The summed E-state index contributed by atoms with van der Waals surface area (Å²) in [5.41, 5.74) is 1.11. The monoisotopic (exact) mass is 355 g/mol. The van der Waals surface area contributed by atoms with Gasteiger partial charge in [0.25, 0.3) is 11.6 Å². The van der Waals surface area contributed by atoms with E-state index in [1.807, 2.05) is 13.0 Å². The first-order chi connectivity index (χ1) is 12.6. The van der Waals surface area contributed by atoms with Crippen LogP contribution in [0.25, 0.3) is 0 Å². The van der Waals surface area contributed by atoms with Crippen LogP contribution in [0.5, 0.6) is 5.75 Å². The first-order valence-electron chi connectivity index (χ1n) is 8.66. The molecule has 0 spiro atoms. The molecule has 0 bridgehead atoms. The van der Waals surface area contributed by atoms with Crippen molar-refractivity contribution >= 4 is 23.0 Å². The van der Waals surface area contributed by atoms with Crippen molar-refractivity contribution in [3.05, 3.63) is 58.1 Å². The van der Waals surface area contributed by atoms with E-state index >= 15 is 0 Å². The maximum atomic E-state index is 12.6. The Morgan fingerprint density at radius 3 is 2.69 bits per heavy atom. The van der Waals surface area contributed by atoms with Crippen LogP contribution in [-0.2, 0) is 0 Å². The molecule has 7 heteroatoms. The lowest BCUT2D eigenvalue weighted by molar-refractivity contribution is -0.384. The molecular weight excluding hydrogens is 334 g/mol. The van der Waals surface area contributed by atoms with Crippen molar-refractivity contribution in [3.8, 4) is 5.75 Å². The largest absolute Gasteiger partial charge is 0.491 e. The average Bonchev–Trinajstić information content (AvgIpc) is 3.45. The molecule has 1 aliphatic carbocycles. The van der Waals surface area contributed by atoms with Gasteiger partial charge in [-0.15, -0.1) is 0 Å². The van der Waals surface area contributed by atoms with Crippen molar-refractivity contribution in [2.45, 2.75) is 32.2 Å². The van der Waals surface area contributed by atoms with E-state index in [1.165, 1.54) is 6.07 Å². The molecule has 1 saturated carbocycles. The van der Waals surface area contributed by atoms with E-state index in [1.54, 1.807) is 30.3 Å². The van der Waals surface area contributed by atoms with Crippen molar-refractivity contribution < 1.29 is 14.5 Å². The minimum Gasteiger partial charge on any atom is -0.491 e. The summed E-state index contributed by atoms with van der Waals surface area (Å²) in [5.74, 6) is 0.155. The molecule has 0 radical (unpaired) electrons. The van der Waals surface area contributed by atoms with Crippen LogP contribution in [0.3, 0.4) is 0 Å². The van der Waals surface area contributed by atoms with Crippen molar-refractivity contribution in [2.24, 2.45) is 0 Å². The van der Waals surface area contributed by atoms with E-state index in [9.17, 15) is 14.9 Å². The number of hydrogen-bond acceptors (Lipinski definition) is 5. The molecule has 1 fully saturated rings. The van der Waals surface area contributed by atoms with E-state index in [2.05, 4.69) is 10.6 Å². The molecule has 0 unspecified atom stereocenters. The van der Waals surface area contributed by atoms with Gasteiger partial charge >= 0.3 is 0 Å². The Labute approximate surface area is 151 Å². The summed E-state index contributed by atoms with van der Waals surface area (Å²) in [5, 5.41) is 17.2. The molecule has 0 aromatic heterocycles. The van der Waals surface area contributed by atoms with Gasteiger partial charge < -0.3 is 15.4 Å². The maximum Gasteiger partial charge on any atom is 0.293 e. The number of anilines is 2. The first kappa shape index (κ1) is 17.7. The van der Waals surface area contributed by atoms with Crippen LogP contribution in [0.15, 0.2) is 42.5 Å². The van der Waals surface area contributed by atoms with Crippen LogP contribution < -0.4 is 15.4 Å². The van der Waals surface area contributed by atoms with Crippen LogP contribution in [0.4, 0.5) is 17.1 Å². The number of nitrogens with one attached hydrogen (secondary N) is 2. The number of rotatable bonds is 8. The molecule has 2 aromatic rings. The third kappa shape index (κ3) is 4.30. The number of nitro groups is 1. The SMILES string of the molecule is CCCOc1ccccc1NC(=O)c1ccc(NC2CC2)c([N+](=O)[O-])c1. The molecular formula is C19H21N3O4. The number of nitrogens with zero attached hydrogens (tertiary/aromatic N) is 1. The number of ether oxygens (including phenoxy) is 1. The predicted octanol–water partition coefficient (Wildman–Crippen LogP) is 4.21. The third-order valence-electron chi connectivity index (χ3n) is 3.99. The van der Waals surface area contributed by atoms with Crippen LogP contribution >= 0.6 is 0 Å². The lowest BCUT2D eigenvalue weighted by Gasteiger charge is -2.12. The zero-order valence-corrected chi connectivity index (χ0v) is 14.5. The molecule has 2 aromatic carbocycles. The standard InChI is InChI=1S/C19H21N3O4/c1-2-11-26-18-6-4-3-5-16(18)21-19(23)13-7-10-15(20-14-8-9-14)17(12-13)22(24)25/h3-7,10,12,14,20H,2,8-9,11H2,1H3,(H,21,23). The van der Waals surface area contributed by atoms with Crippen molar-refractivity contribution in [1.82, 2.24) is 0 Å². The van der Waals surface area contributed by atoms with Gasteiger partial charge in [-0.2, -0.15) is 0 Å². The highest BCUT2D eigenvalue weighted by molar-refractivity contribution is 6.05. The Morgan fingerprint density at radius 1 is 1.23 bits per heavy atom. The molecule has 0 atom stereocenters. The number of para-hydroxylation sites is 2. The molecule has 2 N–H and O–H groups in total. The second-order valence-corrected chi connectivity index (χ2v) is 6.21. The number of benzene rings is 2. The molecule has 0 aliphatic heterocycles. The summed E-state index contributed by atoms with van der Waals surface area (Å²) >= 11 is 0. The predicted molar refractivity (Wildman–Crippen MR) is 99.9 cm³/mol. The van der Waals surface area contributed by atoms with Gasteiger partial charge in [-0.05, 0) is 43.5 Å². The third-order valence-corrected chi connectivity index (χ3v) is 3.99. The lowest BCUT2D eigenvalue weighted by atomic mass is 10.1. The molecule has 1 aliphatic rings. The zero-order chi connectivity index (χ0) is 18.5. The van der Waals surface area contributed by atoms with Gasteiger partial charge in [-0.1, -0.05) is 19.1 Å². The van der Waals surface area contributed by atoms with Crippen molar-refractivity contribution in [3.63, 3.8) is 0 Å². The summed E-state index contributed by atoms with van der Waals surface area (Å²) in [6.45, 7) is 2.54. The van der Waals surface area contributed by atoms with Crippen LogP contribution in [0, 0.1) is 10.1 Å². The van der Waals surface area contributed by atoms with Crippen molar-refractivity contribution in [2.75, 3.05) is 17.2 Å². The van der Waals surface area contributed by atoms with Gasteiger partial charge in [-0.3, -0.25) is 14.9 Å². The fraction of sp³-hybridized carbons (Fsp3) is 0.316. The minimum atomic E-state index is -0.472. The molecule has 0 heterocycles. The fourth-order valence-electron chi connectivity index (χ4n) is 2.50. The van der Waals surface area contributed by atoms with E-state index in [4.69, 9.17) is 4.74 Å². The van der Waals surface area contributed by atoms with Gasteiger partial charge in [0.15, 0.2) is 0 Å². The smallest absolute Gasteiger partial charge is 0.293 e. The van der Waals surface area contributed by atoms with Crippen molar-refractivity contribution in [1.29, 1.82) is 0 Å². The van der Waals surface area contributed by atoms with Gasteiger partial charge in [0.05, 0.1) is 17.2 Å².